The molecule has 16 heavy (non-hydrogen) atoms. The summed E-state index contributed by atoms with van der Waals surface area (Å²) >= 11 is 9.17. The topological polar surface area (TPSA) is 46.5 Å². The van der Waals surface area contributed by atoms with E-state index in [9.17, 15) is 4.79 Å². The number of carbonyl (C=O) groups is 1. The van der Waals surface area contributed by atoms with E-state index >= 15 is 0 Å². The molecule has 0 spiro atoms. The first-order chi connectivity index (χ1) is 7.54. The number of benzene rings is 1. The first-order valence-electron chi connectivity index (χ1n) is 4.48. The fourth-order valence-corrected chi connectivity index (χ4v) is 2.20. The number of ether oxygens (including phenoxy) is 1. The second kappa shape index (κ2) is 5.92. The van der Waals surface area contributed by atoms with Gasteiger partial charge in [-0.2, -0.15) is 0 Å². The highest BCUT2D eigenvalue weighted by Crippen LogP contribution is 2.33. The molecule has 0 aliphatic rings. The van der Waals surface area contributed by atoms with Crippen LogP contribution in [0.25, 0.3) is 0 Å². The number of aliphatic carboxylic acids is 1. The molecule has 1 N–H and O–H groups in total. The summed E-state index contributed by atoms with van der Waals surface area (Å²) in [5, 5.41) is 9.12. The summed E-state index contributed by atoms with van der Waals surface area (Å²) in [6.07, 6.45) is 2.26. The Balaban J connectivity index is 3.03. The number of carboxylic acid groups (broad SMARTS) is 1. The smallest absolute Gasteiger partial charge is 0.341 e. The molecule has 0 aromatic heterocycles. The van der Waals surface area contributed by atoms with Crippen LogP contribution < -0.4 is 4.74 Å². The lowest BCUT2D eigenvalue weighted by atomic mass is 10.1. The van der Waals surface area contributed by atoms with Crippen LogP contribution in [0.1, 0.15) is 5.56 Å². The minimum absolute atomic E-state index is 0.385. The predicted molar refractivity (Wildman–Crippen MR) is 66.2 cm³/mol. The molecule has 0 aliphatic carbocycles. The standard InChI is InChI=1S/C11H10BrClO3/c1-2-3-7-4-8(13)5-9(12)11(7)16-6-10(14)15/h2,4-5H,1,3,6H2,(H,14,15). The Morgan fingerprint density at radius 3 is 2.88 bits per heavy atom. The largest absolute Gasteiger partial charge is 0.480 e. The highest BCUT2D eigenvalue weighted by Gasteiger charge is 2.10. The van der Waals surface area contributed by atoms with Crippen molar-refractivity contribution in [2.75, 3.05) is 6.61 Å². The quantitative estimate of drug-likeness (QED) is 0.849. The zero-order chi connectivity index (χ0) is 12.1. The van der Waals surface area contributed by atoms with Gasteiger partial charge in [-0.1, -0.05) is 17.7 Å². The van der Waals surface area contributed by atoms with Gasteiger partial charge < -0.3 is 9.84 Å². The number of allylic oxidation sites excluding steroid dienone is 1. The molecule has 0 atom stereocenters. The Bertz CT molecular complexity index is 418. The van der Waals surface area contributed by atoms with Crippen LogP contribution in [0.4, 0.5) is 0 Å². The Labute approximate surface area is 107 Å². The summed E-state index contributed by atoms with van der Waals surface area (Å²) < 4.78 is 5.82. The van der Waals surface area contributed by atoms with E-state index < -0.39 is 5.97 Å². The first kappa shape index (κ1) is 13.1. The molecular weight excluding hydrogens is 295 g/mol. The van der Waals surface area contributed by atoms with Gasteiger partial charge in [0.05, 0.1) is 4.47 Å². The first-order valence-corrected chi connectivity index (χ1v) is 5.65. The second-order valence-electron chi connectivity index (χ2n) is 3.05. The Hall–Kier alpha value is -1.00. The van der Waals surface area contributed by atoms with Crippen molar-refractivity contribution >= 4 is 33.5 Å². The lowest BCUT2D eigenvalue weighted by molar-refractivity contribution is -0.139. The zero-order valence-corrected chi connectivity index (χ0v) is 10.7. The predicted octanol–water partition coefficient (Wildman–Crippen LogP) is 3.29. The lowest BCUT2D eigenvalue weighted by Crippen LogP contribution is -2.10. The zero-order valence-electron chi connectivity index (χ0n) is 8.37. The Morgan fingerprint density at radius 1 is 1.62 bits per heavy atom. The van der Waals surface area contributed by atoms with E-state index in [0.29, 0.717) is 21.7 Å². The minimum Gasteiger partial charge on any atom is -0.480 e. The van der Waals surface area contributed by atoms with Crippen LogP contribution in [-0.2, 0) is 11.2 Å². The van der Waals surface area contributed by atoms with E-state index in [0.717, 1.165) is 5.56 Å². The molecule has 1 aromatic rings. The number of carboxylic acids is 1. The molecule has 0 amide bonds. The molecule has 0 unspecified atom stereocenters. The Morgan fingerprint density at radius 2 is 2.31 bits per heavy atom. The summed E-state index contributed by atoms with van der Waals surface area (Å²) in [6.45, 7) is 3.24. The summed E-state index contributed by atoms with van der Waals surface area (Å²) in [5.41, 5.74) is 0.802. The van der Waals surface area contributed by atoms with Gasteiger partial charge in [0.1, 0.15) is 5.75 Å². The van der Waals surface area contributed by atoms with Crippen LogP contribution >= 0.6 is 27.5 Å². The maximum atomic E-state index is 10.4. The molecule has 0 bridgehead atoms. The normalized spacial score (nSPS) is 9.88. The summed E-state index contributed by atoms with van der Waals surface area (Å²) in [5.74, 6) is -0.530. The van der Waals surface area contributed by atoms with Gasteiger partial charge in [-0.15, -0.1) is 6.58 Å². The highest BCUT2D eigenvalue weighted by molar-refractivity contribution is 9.10. The molecule has 5 heteroatoms. The van der Waals surface area contributed by atoms with E-state index in [1.807, 2.05) is 0 Å². The maximum Gasteiger partial charge on any atom is 0.341 e. The van der Waals surface area contributed by atoms with E-state index in [1.54, 1.807) is 18.2 Å². The number of halogens is 2. The molecular formula is C11H10BrClO3. The fraction of sp³-hybridized carbons (Fsp3) is 0.182. The Kier molecular flexibility index (Phi) is 4.83. The van der Waals surface area contributed by atoms with Gasteiger partial charge in [0.25, 0.3) is 0 Å². The van der Waals surface area contributed by atoms with Gasteiger partial charge in [-0.05, 0) is 34.5 Å². The fourth-order valence-electron chi connectivity index (χ4n) is 1.22. The van der Waals surface area contributed by atoms with E-state index in [4.69, 9.17) is 21.4 Å². The molecule has 0 heterocycles. The van der Waals surface area contributed by atoms with Crippen molar-refractivity contribution < 1.29 is 14.6 Å². The molecule has 0 radical (unpaired) electrons. The number of hydrogen-bond acceptors (Lipinski definition) is 2. The third-order valence-corrected chi connectivity index (χ3v) is 2.60. The summed E-state index contributed by atoms with van der Waals surface area (Å²) in [4.78, 5) is 10.4. The van der Waals surface area contributed by atoms with Crippen molar-refractivity contribution in [3.63, 3.8) is 0 Å². The van der Waals surface area contributed by atoms with Crippen LogP contribution in [-0.4, -0.2) is 17.7 Å². The van der Waals surface area contributed by atoms with Crippen LogP contribution in [0.2, 0.25) is 5.02 Å². The highest BCUT2D eigenvalue weighted by atomic mass is 79.9. The molecule has 0 saturated carbocycles. The third kappa shape index (κ3) is 3.54. The van der Waals surface area contributed by atoms with Crippen molar-refractivity contribution in [3.05, 3.63) is 39.8 Å². The lowest BCUT2D eigenvalue weighted by Gasteiger charge is -2.11. The van der Waals surface area contributed by atoms with Gasteiger partial charge in [-0.25, -0.2) is 4.79 Å². The minimum atomic E-state index is -1.02. The van der Waals surface area contributed by atoms with Gasteiger partial charge in [0, 0.05) is 10.6 Å². The maximum absolute atomic E-state index is 10.4. The summed E-state index contributed by atoms with van der Waals surface area (Å²) in [7, 11) is 0. The van der Waals surface area contributed by atoms with Crippen LogP contribution in [0.3, 0.4) is 0 Å². The average Bonchev–Trinajstić information content (AvgIpc) is 2.16. The SMILES string of the molecule is C=CCc1cc(Cl)cc(Br)c1OCC(=O)O. The van der Waals surface area contributed by atoms with Crippen molar-refractivity contribution in [2.24, 2.45) is 0 Å². The van der Waals surface area contributed by atoms with Crippen LogP contribution in [0.5, 0.6) is 5.75 Å². The molecule has 0 saturated heterocycles. The van der Waals surface area contributed by atoms with Crippen molar-refractivity contribution in [1.29, 1.82) is 0 Å². The van der Waals surface area contributed by atoms with E-state index in [2.05, 4.69) is 22.5 Å². The molecule has 0 aliphatic heterocycles. The van der Waals surface area contributed by atoms with Crippen molar-refractivity contribution in [3.8, 4) is 5.75 Å². The van der Waals surface area contributed by atoms with Crippen LogP contribution in [0, 0.1) is 0 Å². The van der Waals surface area contributed by atoms with Gasteiger partial charge in [0.15, 0.2) is 6.61 Å². The molecule has 86 valence electrons. The van der Waals surface area contributed by atoms with Crippen molar-refractivity contribution in [2.45, 2.75) is 6.42 Å². The van der Waals surface area contributed by atoms with Crippen molar-refractivity contribution in [1.82, 2.24) is 0 Å². The van der Waals surface area contributed by atoms with Crippen LogP contribution in [0.15, 0.2) is 29.3 Å². The molecule has 1 aromatic carbocycles. The monoisotopic (exact) mass is 304 g/mol. The van der Waals surface area contributed by atoms with Gasteiger partial charge in [0.2, 0.25) is 0 Å². The third-order valence-electron chi connectivity index (χ3n) is 1.79. The van der Waals surface area contributed by atoms with Gasteiger partial charge >= 0.3 is 5.97 Å². The molecule has 0 fully saturated rings. The number of hydrogen-bond donors (Lipinski definition) is 1. The average molecular weight is 306 g/mol. The van der Waals surface area contributed by atoms with Gasteiger partial charge in [-0.3, -0.25) is 0 Å². The second-order valence-corrected chi connectivity index (χ2v) is 4.34. The van der Waals surface area contributed by atoms with E-state index in [-0.39, 0.29) is 6.61 Å². The molecule has 1 rings (SSSR count). The molecule has 3 nitrogen and oxygen atoms in total. The summed E-state index contributed by atoms with van der Waals surface area (Å²) in [6, 6.07) is 3.39. The number of rotatable bonds is 5. The van der Waals surface area contributed by atoms with E-state index in [1.165, 1.54) is 0 Å².